The number of carbonyl (C=O) groups is 1. The number of amidine groups is 1. The number of sulfonamides is 1. The van der Waals surface area contributed by atoms with Gasteiger partial charge in [-0.15, -0.1) is 4.40 Å². The maximum atomic E-state index is 12.3. The van der Waals surface area contributed by atoms with Crippen molar-refractivity contribution in [3.63, 3.8) is 0 Å². The Morgan fingerprint density at radius 2 is 2.00 bits per heavy atom. The van der Waals surface area contributed by atoms with E-state index in [2.05, 4.69) is 15.0 Å². The van der Waals surface area contributed by atoms with Crippen molar-refractivity contribution in [1.82, 2.24) is 5.32 Å². The molecule has 28 heavy (non-hydrogen) atoms. The van der Waals surface area contributed by atoms with Crippen LogP contribution in [0.4, 0.5) is 5.69 Å². The maximum Gasteiger partial charge on any atom is 0.286 e. The van der Waals surface area contributed by atoms with Crippen molar-refractivity contribution in [3.05, 3.63) is 54.1 Å². The van der Waals surface area contributed by atoms with E-state index >= 15 is 0 Å². The number of fused-ring (bicyclic) bond motifs is 1. The van der Waals surface area contributed by atoms with Crippen LogP contribution in [0.5, 0.6) is 5.75 Å². The van der Waals surface area contributed by atoms with Crippen LogP contribution in [-0.2, 0) is 21.4 Å². The molecule has 0 bridgehead atoms. The van der Waals surface area contributed by atoms with Crippen LogP contribution in [0.3, 0.4) is 0 Å². The molecule has 1 aliphatic rings. The molecular formula is C20H23N3O4S. The van der Waals surface area contributed by atoms with E-state index in [0.29, 0.717) is 24.5 Å². The fraction of sp³-hybridized carbons (Fsp3) is 0.300. The van der Waals surface area contributed by atoms with Crippen LogP contribution in [-0.4, -0.2) is 27.3 Å². The third kappa shape index (κ3) is 4.89. The first-order valence-electron chi connectivity index (χ1n) is 8.97. The Hall–Kier alpha value is -2.87. The Labute approximate surface area is 164 Å². The van der Waals surface area contributed by atoms with E-state index in [0.717, 1.165) is 11.3 Å². The number of benzene rings is 2. The summed E-state index contributed by atoms with van der Waals surface area (Å²) in [5.41, 5.74) is 1.46. The standard InChI is InChI=1S/C20H23N3O4S/c1-14(11-20(24)21-13-15-6-5-7-16(12-15)27-2)10-19-22-17-8-3-4-9-18(17)28(25,26)23-19/h3-9,12,14H,10-11,13H2,1-2H3,(H,21,24)(H,22,23)/t14-/m1/s1. The summed E-state index contributed by atoms with van der Waals surface area (Å²) >= 11 is 0. The zero-order chi connectivity index (χ0) is 20.1. The second kappa shape index (κ2) is 8.43. The predicted octanol–water partition coefficient (Wildman–Crippen LogP) is 2.94. The molecule has 148 valence electrons. The molecule has 1 amide bonds. The monoisotopic (exact) mass is 401 g/mol. The van der Waals surface area contributed by atoms with E-state index < -0.39 is 10.0 Å². The Bertz CT molecular complexity index is 1000. The molecular weight excluding hydrogens is 378 g/mol. The molecule has 2 aromatic carbocycles. The number of rotatable bonds is 7. The van der Waals surface area contributed by atoms with Gasteiger partial charge < -0.3 is 15.4 Å². The first-order chi connectivity index (χ1) is 13.4. The molecule has 8 heteroatoms. The number of nitrogens with zero attached hydrogens (tertiary/aromatic N) is 1. The number of anilines is 1. The Morgan fingerprint density at radius 3 is 2.79 bits per heavy atom. The Kier molecular flexibility index (Phi) is 5.99. The third-order valence-electron chi connectivity index (χ3n) is 4.37. The maximum absolute atomic E-state index is 12.3. The molecule has 2 N–H and O–H groups in total. The van der Waals surface area contributed by atoms with Crippen molar-refractivity contribution in [2.75, 3.05) is 12.4 Å². The number of para-hydroxylation sites is 1. The molecule has 0 radical (unpaired) electrons. The summed E-state index contributed by atoms with van der Waals surface area (Å²) in [6.07, 6.45) is 0.631. The highest BCUT2D eigenvalue weighted by Gasteiger charge is 2.25. The SMILES string of the molecule is COc1cccc(CNC(=O)C[C@H](C)CC2=NS(=O)(=O)c3ccccc3N2)c1. The lowest BCUT2D eigenvalue weighted by Crippen LogP contribution is -2.27. The molecule has 0 aromatic heterocycles. The number of amides is 1. The molecule has 3 rings (SSSR count). The minimum Gasteiger partial charge on any atom is -0.497 e. The van der Waals surface area contributed by atoms with Crippen LogP contribution in [0.2, 0.25) is 0 Å². The molecule has 0 aliphatic carbocycles. The zero-order valence-electron chi connectivity index (χ0n) is 15.8. The Morgan fingerprint density at radius 1 is 1.21 bits per heavy atom. The molecule has 0 spiro atoms. The van der Waals surface area contributed by atoms with Crippen molar-refractivity contribution >= 4 is 27.5 Å². The highest BCUT2D eigenvalue weighted by molar-refractivity contribution is 7.90. The van der Waals surface area contributed by atoms with Crippen molar-refractivity contribution < 1.29 is 17.9 Å². The second-order valence-corrected chi connectivity index (χ2v) is 8.35. The summed E-state index contributed by atoms with van der Waals surface area (Å²) in [7, 11) is -2.11. The predicted molar refractivity (Wildman–Crippen MR) is 108 cm³/mol. The fourth-order valence-electron chi connectivity index (χ4n) is 3.03. The van der Waals surface area contributed by atoms with E-state index in [4.69, 9.17) is 4.74 Å². The van der Waals surface area contributed by atoms with Crippen molar-refractivity contribution in [2.45, 2.75) is 31.2 Å². The van der Waals surface area contributed by atoms with Gasteiger partial charge in [-0.25, -0.2) is 0 Å². The number of nitrogens with one attached hydrogen (secondary N) is 2. The first kappa shape index (κ1) is 19.9. The lowest BCUT2D eigenvalue weighted by molar-refractivity contribution is -0.122. The van der Waals surface area contributed by atoms with Gasteiger partial charge in [-0.05, 0) is 35.7 Å². The second-order valence-electron chi connectivity index (χ2n) is 6.78. The number of methoxy groups -OCH3 is 1. The minimum absolute atomic E-state index is 0.0722. The van der Waals surface area contributed by atoms with Crippen molar-refractivity contribution in [3.8, 4) is 5.75 Å². The van der Waals surface area contributed by atoms with Crippen LogP contribution in [0, 0.1) is 5.92 Å². The number of carbonyl (C=O) groups excluding carboxylic acids is 1. The van der Waals surface area contributed by atoms with Crippen molar-refractivity contribution in [2.24, 2.45) is 10.3 Å². The smallest absolute Gasteiger partial charge is 0.286 e. The van der Waals surface area contributed by atoms with E-state index in [-0.39, 0.29) is 23.1 Å². The normalized spacial score (nSPS) is 15.6. The largest absolute Gasteiger partial charge is 0.497 e. The van der Waals surface area contributed by atoms with Gasteiger partial charge in [-0.1, -0.05) is 31.2 Å². The third-order valence-corrected chi connectivity index (χ3v) is 5.75. The van der Waals surface area contributed by atoms with Gasteiger partial charge in [0.05, 0.1) is 12.8 Å². The van der Waals surface area contributed by atoms with E-state index in [1.807, 2.05) is 31.2 Å². The van der Waals surface area contributed by atoms with E-state index in [1.165, 1.54) is 6.07 Å². The average Bonchev–Trinajstić information content (AvgIpc) is 2.66. The highest BCUT2D eigenvalue weighted by Crippen LogP contribution is 2.28. The van der Waals surface area contributed by atoms with Gasteiger partial charge in [0.25, 0.3) is 10.0 Å². The molecule has 0 saturated heterocycles. The van der Waals surface area contributed by atoms with Crippen LogP contribution in [0.1, 0.15) is 25.3 Å². The summed E-state index contributed by atoms with van der Waals surface area (Å²) in [4.78, 5) is 12.4. The summed E-state index contributed by atoms with van der Waals surface area (Å²) in [6, 6.07) is 14.1. The Balaban J connectivity index is 1.55. The van der Waals surface area contributed by atoms with Crippen molar-refractivity contribution in [1.29, 1.82) is 0 Å². The van der Waals surface area contributed by atoms with E-state index in [9.17, 15) is 13.2 Å². The van der Waals surface area contributed by atoms with Gasteiger partial charge >= 0.3 is 0 Å². The summed E-state index contributed by atoms with van der Waals surface area (Å²) < 4.78 is 33.6. The molecule has 0 saturated carbocycles. The molecule has 0 unspecified atom stereocenters. The van der Waals surface area contributed by atoms with Gasteiger partial charge in [0.1, 0.15) is 16.5 Å². The summed E-state index contributed by atoms with van der Waals surface area (Å²) in [5, 5.41) is 5.93. The fourth-order valence-corrected chi connectivity index (χ4v) is 4.19. The highest BCUT2D eigenvalue weighted by atomic mass is 32.2. The van der Waals surface area contributed by atoms with Gasteiger partial charge in [0.2, 0.25) is 5.91 Å². The van der Waals surface area contributed by atoms with Crippen LogP contribution < -0.4 is 15.4 Å². The van der Waals surface area contributed by atoms with Crippen LogP contribution in [0.15, 0.2) is 57.8 Å². The van der Waals surface area contributed by atoms with E-state index in [1.54, 1.807) is 25.3 Å². The molecule has 0 fully saturated rings. The van der Waals surface area contributed by atoms with Gasteiger partial charge in [-0.3, -0.25) is 4.79 Å². The number of hydrogen-bond donors (Lipinski definition) is 2. The molecule has 7 nitrogen and oxygen atoms in total. The molecule has 1 aliphatic heterocycles. The van der Waals surface area contributed by atoms with Gasteiger partial charge in [0, 0.05) is 19.4 Å². The molecule has 2 aromatic rings. The summed E-state index contributed by atoms with van der Waals surface area (Å²) in [6.45, 7) is 2.30. The average molecular weight is 401 g/mol. The molecule has 1 atom stereocenters. The lowest BCUT2D eigenvalue weighted by Gasteiger charge is -2.20. The molecule has 1 heterocycles. The minimum atomic E-state index is -3.71. The first-order valence-corrected chi connectivity index (χ1v) is 10.4. The van der Waals surface area contributed by atoms with Crippen LogP contribution >= 0.6 is 0 Å². The quantitative estimate of drug-likeness (QED) is 0.744. The number of hydrogen-bond acceptors (Lipinski definition) is 5. The van der Waals surface area contributed by atoms with Gasteiger partial charge in [-0.2, -0.15) is 8.42 Å². The summed E-state index contributed by atoms with van der Waals surface area (Å²) in [5.74, 6) is 0.918. The zero-order valence-corrected chi connectivity index (χ0v) is 16.6. The number of ether oxygens (including phenoxy) is 1. The van der Waals surface area contributed by atoms with Gasteiger partial charge in [0.15, 0.2) is 0 Å². The lowest BCUT2D eigenvalue weighted by atomic mass is 10.0. The topological polar surface area (TPSA) is 96.9 Å². The van der Waals surface area contributed by atoms with Crippen LogP contribution in [0.25, 0.3) is 0 Å².